The molecule has 0 atom stereocenters. The fourth-order valence-corrected chi connectivity index (χ4v) is 0.652. The number of halogens is 2. The van der Waals surface area contributed by atoms with Gasteiger partial charge in [-0.25, -0.2) is 9.97 Å². The molecule has 0 saturated heterocycles. The second-order valence-corrected chi connectivity index (χ2v) is 4.33. The second-order valence-electron chi connectivity index (χ2n) is 2.51. The summed E-state index contributed by atoms with van der Waals surface area (Å²) in [5.41, 5.74) is 0. The van der Waals surface area contributed by atoms with Crippen LogP contribution >= 0.6 is 20.2 Å². The van der Waals surface area contributed by atoms with Gasteiger partial charge in [-0.3, -0.25) is 0 Å². The van der Waals surface area contributed by atoms with Crippen molar-refractivity contribution in [3.63, 3.8) is 0 Å². The van der Waals surface area contributed by atoms with Crippen molar-refractivity contribution in [2.75, 3.05) is 14.2 Å². The van der Waals surface area contributed by atoms with Crippen molar-refractivity contribution >= 4 is 20.2 Å². The SMILES string of the molecule is CO.CO.Cn1ccnc1.Cn1ccnc1.[Cl][Fe][Cl]. The zero-order valence-electron chi connectivity index (χ0n) is 11.3. The van der Waals surface area contributed by atoms with E-state index in [9.17, 15) is 0 Å². The quantitative estimate of drug-likeness (QED) is 0.702. The topological polar surface area (TPSA) is 76.1 Å². The predicted molar refractivity (Wildman–Crippen MR) is 74.4 cm³/mol. The van der Waals surface area contributed by atoms with Crippen molar-refractivity contribution in [1.29, 1.82) is 0 Å². The first-order valence-corrected chi connectivity index (χ1v) is 7.83. The van der Waals surface area contributed by atoms with Crippen LogP contribution in [-0.4, -0.2) is 43.5 Å². The Balaban J connectivity index is -0.000000187. The van der Waals surface area contributed by atoms with Gasteiger partial charge < -0.3 is 19.3 Å². The van der Waals surface area contributed by atoms with E-state index in [0.29, 0.717) is 0 Å². The molecule has 0 unspecified atom stereocenters. The van der Waals surface area contributed by atoms with Gasteiger partial charge in [0.2, 0.25) is 0 Å². The Bertz CT molecular complexity index is 288. The Morgan fingerprint density at radius 2 is 1.11 bits per heavy atom. The van der Waals surface area contributed by atoms with Crippen LogP contribution in [-0.2, 0) is 27.2 Å². The molecule has 0 amide bonds. The van der Waals surface area contributed by atoms with Crippen LogP contribution in [0.3, 0.4) is 0 Å². The van der Waals surface area contributed by atoms with Crippen molar-refractivity contribution in [2.45, 2.75) is 0 Å². The molecular formula is C10H20Cl2FeN4O2. The van der Waals surface area contributed by atoms with Gasteiger partial charge in [-0.05, 0) is 0 Å². The molecule has 0 radical (unpaired) electrons. The third kappa shape index (κ3) is 23.0. The Morgan fingerprint density at radius 1 is 0.842 bits per heavy atom. The Morgan fingerprint density at radius 3 is 1.16 bits per heavy atom. The minimum atomic E-state index is 0.194. The van der Waals surface area contributed by atoms with E-state index in [4.69, 9.17) is 30.4 Å². The van der Waals surface area contributed by atoms with Gasteiger partial charge in [-0.1, -0.05) is 0 Å². The normalized spacial score (nSPS) is 7.37. The first kappa shape index (κ1) is 23.5. The third-order valence-corrected chi connectivity index (χ3v) is 1.27. The summed E-state index contributed by atoms with van der Waals surface area (Å²) in [6.45, 7) is 0. The van der Waals surface area contributed by atoms with Crippen LogP contribution in [0.2, 0.25) is 0 Å². The van der Waals surface area contributed by atoms with Crippen molar-refractivity contribution in [3.8, 4) is 0 Å². The number of nitrogens with zero attached hydrogens (tertiary/aromatic N) is 4. The number of hydrogen-bond donors (Lipinski definition) is 2. The Labute approximate surface area is 128 Å². The van der Waals surface area contributed by atoms with Gasteiger partial charge in [0.25, 0.3) is 0 Å². The summed E-state index contributed by atoms with van der Waals surface area (Å²) in [5.74, 6) is 0. The molecule has 0 bridgehead atoms. The summed E-state index contributed by atoms with van der Waals surface area (Å²) >= 11 is 0.194. The molecular weight excluding hydrogens is 335 g/mol. The van der Waals surface area contributed by atoms with Gasteiger partial charge in [-0.15, -0.1) is 0 Å². The number of imidazole rings is 2. The molecule has 2 aromatic heterocycles. The average Bonchev–Trinajstić information content (AvgIpc) is 3.10. The van der Waals surface area contributed by atoms with Gasteiger partial charge in [0.05, 0.1) is 12.7 Å². The van der Waals surface area contributed by atoms with Crippen LogP contribution in [0.15, 0.2) is 37.4 Å². The van der Waals surface area contributed by atoms with E-state index in [1.54, 1.807) is 25.0 Å². The maximum atomic E-state index is 7.00. The number of rotatable bonds is 0. The van der Waals surface area contributed by atoms with E-state index in [1.165, 1.54) is 0 Å². The van der Waals surface area contributed by atoms with E-state index in [2.05, 4.69) is 9.97 Å². The number of aliphatic hydroxyl groups excluding tert-OH is 2. The molecule has 19 heavy (non-hydrogen) atoms. The second kappa shape index (κ2) is 22.6. The molecule has 114 valence electrons. The first-order chi connectivity index (χ1) is 9.20. The van der Waals surface area contributed by atoms with Gasteiger partial charge in [0.15, 0.2) is 0 Å². The van der Waals surface area contributed by atoms with Crippen LogP contribution in [0.4, 0.5) is 0 Å². The fraction of sp³-hybridized carbons (Fsp3) is 0.400. The molecule has 0 aliphatic rings. The van der Waals surface area contributed by atoms with Crippen molar-refractivity contribution < 1.29 is 23.3 Å². The van der Waals surface area contributed by atoms with E-state index in [0.717, 1.165) is 14.2 Å². The van der Waals surface area contributed by atoms with Crippen molar-refractivity contribution in [1.82, 2.24) is 19.1 Å². The zero-order valence-corrected chi connectivity index (χ0v) is 13.9. The molecule has 9 heteroatoms. The number of aromatic nitrogens is 4. The number of hydrogen-bond acceptors (Lipinski definition) is 4. The molecule has 2 rings (SSSR count). The average molecular weight is 355 g/mol. The molecule has 0 aromatic carbocycles. The molecule has 2 heterocycles. The van der Waals surface area contributed by atoms with Crippen molar-refractivity contribution in [2.24, 2.45) is 14.1 Å². The molecule has 0 aliphatic carbocycles. The predicted octanol–water partition coefficient (Wildman–Crippen LogP) is 1.43. The minimum absolute atomic E-state index is 0.194. The van der Waals surface area contributed by atoms with Gasteiger partial charge in [-0.2, -0.15) is 0 Å². The standard InChI is InChI=1S/2C4H6N2.2CH4O.2ClH.Fe/c2*1-6-3-2-5-4-6;2*1-2;;;/h2*2-4H,1H3;2*2H,1H3;2*1H;/q;;;;;;+2/p-2. The van der Waals surface area contributed by atoms with Crippen LogP contribution in [0.1, 0.15) is 0 Å². The number of aliphatic hydroxyl groups is 2. The molecule has 2 aromatic rings. The first-order valence-electron chi connectivity index (χ1n) is 4.79. The van der Waals surface area contributed by atoms with Crippen LogP contribution in [0, 0.1) is 0 Å². The Kier molecular flexibility index (Phi) is 28.0. The third-order valence-electron chi connectivity index (χ3n) is 1.27. The summed E-state index contributed by atoms with van der Waals surface area (Å²) < 4.78 is 3.78. The van der Waals surface area contributed by atoms with Crippen LogP contribution < -0.4 is 0 Å². The van der Waals surface area contributed by atoms with Gasteiger partial charge in [0, 0.05) is 53.1 Å². The summed E-state index contributed by atoms with van der Waals surface area (Å²) in [6, 6.07) is 0. The fourth-order valence-electron chi connectivity index (χ4n) is 0.652. The molecule has 0 fully saturated rings. The summed E-state index contributed by atoms with van der Waals surface area (Å²) in [4.78, 5) is 7.57. The zero-order chi connectivity index (χ0) is 15.5. The molecule has 2 N–H and O–H groups in total. The molecule has 0 spiro atoms. The summed E-state index contributed by atoms with van der Waals surface area (Å²) in [5, 5.41) is 14.0. The Hall–Kier alpha value is -0.561. The monoisotopic (exact) mass is 354 g/mol. The summed E-state index contributed by atoms with van der Waals surface area (Å²) in [7, 11) is 15.4. The van der Waals surface area contributed by atoms with E-state index >= 15 is 0 Å². The molecule has 0 aliphatic heterocycles. The molecule has 6 nitrogen and oxygen atoms in total. The van der Waals surface area contributed by atoms with E-state index in [1.807, 2.05) is 35.6 Å². The maximum absolute atomic E-state index is 7.00. The molecule has 0 saturated carbocycles. The van der Waals surface area contributed by atoms with Crippen LogP contribution in [0.5, 0.6) is 0 Å². The van der Waals surface area contributed by atoms with Gasteiger partial charge >= 0.3 is 33.3 Å². The van der Waals surface area contributed by atoms with Gasteiger partial charge in [0.1, 0.15) is 0 Å². The van der Waals surface area contributed by atoms with E-state index < -0.39 is 0 Å². The van der Waals surface area contributed by atoms with Crippen LogP contribution in [0.25, 0.3) is 0 Å². The van der Waals surface area contributed by atoms with Crippen molar-refractivity contribution in [3.05, 3.63) is 37.4 Å². The number of aryl methyl sites for hydroxylation is 2. The summed E-state index contributed by atoms with van der Waals surface area (Å²) in [6.07, 6.45) is 10.8. The van der Waals surface area contributed by atoms with E-state index in [-0.39, 0.29) is 13.1 Å².